The Morgan fingerprint density at radius 3 is 2.93 bits per heavy atom. The number of rotatable bonds is 2. The fourth-order valence-corrected chi connectivity index (χ4v) is 1.52. The largest absolute Gasteiger partial charge is 0.465 e. The van der Waals surface area contributed by atoms with Crippen molar-refractivity contribution in [2.75, 3.05) is 20.2 Å². The summed E-state index contributed by atoms with van der Waals surface area (Å²) in [6.07, 6.45) is -0.532. The third-order valence-electron chi connectivity index (χ3n) is 2.22. The molecule has 0 aromatic carbocycles. The first-order valence-electron chi connectivity index (χ1n) is 4.24. The normalized spacial score (nSPS) is 26.8. The Labute approximate surface area is 80.9 Å². The number of likely N-dealkylation sites (tertiary alicyclic amines) is 1. The maximum absolute atomic E-state index is 10.7. The summed E-state index contributed by atoms with van der Waals surface area (Å²) < 4.78 is 5.08. The molecule has 2 atom stereocenters. The molecule has 78 valence electrons. The van der Waals surface area contributed by atoms with Gasteiger partial charge in [-0.2, -0.15) is 0 Å². The van der Waals surface area contributed by atoms with Gasteiger partial charge < -0.3 is 14.7 Å². The summed E-state index contributed by atoms with van der Waals surface area (Å²) in [5.41, 5.74) is 6.59. The summed E-state index contributed by atoms with van der Waals surface area (Å²) in [6.45, 7) is 0.646. The van der Waals surface area contributed by atoms with Crippen molar-refractivity contribution in [2.24, 2.45) is 5.11 Å². The fraction of sp³-hybridized carbons (Fsp3) is 0.857. The van der Waals surface area contributed by atoms with Gasteiger partial charge in [0.25, 0.3) is 0 Å². The van der Waals surface area contributed by atoms with Gasteiger partial charge in [-0.1, -0.05) is 0 Å². The van der Waals surface area contributed by atoms with Crippen molar-refractivity contribution in [1.82, 2.24) is 9.81 Å². The van der Waals surface area contributed by atoms with Gasteiger partial charge in [0, 0.05) is 13.5 Å². The van der Waals surface area contributed by atoms with E-state index in [0.29, 0.717) is 13.0 Å². The zero-order valence-electron chi connectivity index (χ0n) is 7.88. The minimum absolute atomic E-state index is 0.157. The molecule has 0 spiro atoms. The quantitative estimate of drug-likeness (QED) is 0.496. The first-order chi connectivity index (χ1) is 6.67. The van der Waals surface area contributed by atoms with E-state index >= 15 is 0 Å². The Morgan fingerprint density at radius 2 is 2.43 bits per heavy atom. The summed E-state index contributed by atoms with van der Waals surface area (Å²) in [4.78, 5) is 14.9. The smallest absolute Gasteiger partial charge is 0.407 e. The van der Waals surface area contributed by atoms with Crippen molar-refractivity contribution in [1.29, 1.82) is 5.53 Å². The monoisotopic (exact) mass is 201 g/mol. The number of nitrogens with zero attached hydrogens (tertiary/aromatic N) is 3. The Kier molecular flexibility index (Phi) is 3.55. The molecule has 1 aliphatic heterocycles. The van der Waals surface area contributed by atoms with Crippen LogP contribution in [0.4, 0.5) is 4.79 Å². The van der Waals surface area contributed by atoms with Crippen LogP contribution in [0, 0.1) is 5.53 Å². The second-order valence-corrected chi connectivity index (χ2v) is 3.15. The van der Waals surface area contributed by atoms with Gasteiger partial charge in [-0.3, -0.25) is 0 Å². The zero-order valence-corrected chi connectivity index (χ0v) is 7.88. The second-order valence-electron chi connectivity index (χ2n) is 3.15. The van der Waals surface area contributed by atoms with E-state index in [2.05, 4.69) is 10.0 Å². The SMILES string of the molecule is CO[C@H]1C[C@@H](N=[N+]=N)CN(C(=O)O)C1. The van der Waals surface area contributed by atoms with Gasteiger partial charge in [-0.15, -0.1) is 0 Å². The molecule has 1 fully saturated rings. The topological polar surface area (TPSA) is 100 Å². The highest BCUT2D eigenvalue weighted by molar-refractivity contribution is 5.65. The van der Waals surface area contributed by atoms with Gasteiger partial charge in [0.15, 0.2) is 6.04 Å². The van der Waals surface area contributed by atoms with Crippen molar-refractivity contribution in [3.63, 3.8) is 0 Å². The highest BCUT2D eigenvalue weighted by Gasteiger charge is 2.32. The Bertz CT molecular complexity index is 254. The van der Waals surface area contributed by atoms with Crippen LogP contribution in [0.25, 0.3) is 0 Å². The number of hydrogen-bond acceptors (Lipinski definition) is 4. The minimum Gasteiger partial charge on any atom is -0.465 e. The highest BCUT2D eigenvalue weighted by atomic mass is 16.5. The van der Waals surface area contributed by atoms with Crippen LogP contribution in [0.3, 0.4) is 0 Å². The highest BCUT2D eigenvalue weighted by Crippen LogP contribution is 2.15. The molecule has 2 N–H and O–H groups in total. The molecule has 0 aromatic rings. The average Bonchev–Trinajstić information content (AvgIpc) is 2.17. The number of ether oxygens (including phenoxy) is 1. The lowest BCUT2D eigenvalue weighted by Gasteiger charge is -2.31. The molecule has 0 radical (unpaired) electrons. The molecule has 1 heterocycles. The number of hydrogen-bond donors (Lipinski definition) is 2. The van der Waals surface area contributed by atoms with Gasteiger partial charge in [0.2, 0.25) is 4.91 Å². The van der Waals surface area contributed by atoms with Crippen LogP contribution in [-0.4, -0.2) is 48.4 Å². The number of carboxylic acid groups (broad SMARTS) is 1. The summed E-state index contributed by atoms with van der Waals surface area (Å²) in [7, 11) is 1.53. The number of carbonyl (C=O) groups is 1. The van der Waals surface area contributed by atoms with Crippen molar-refractivity contribution < 1.29 is 14.6 Å². The van der Waals surface area contributed by atoms with Crippen LogP contribution in [0.15, 0.2) is 5.11 Å². The lowest BCUT2D eigenvalue weighted by Crippen LogP contribution is -2.48. The van der Waals surface area contributed by atoms with E-state index in [0.717, 1.165) is 0 Å². The van der Waals surface area contributed by atoms with E-state index in [4.69, 9.17) is 15.4 Å². The van der Waals surface area contributed by atoms with Crippen molar-refractivity contribution in [3.8, 4) is 0 Å². The number of amides is 1. The van der Waals surface area contributed by atoms with Crippen LogP contribution in [0.1, 0.15) is 6.42 Å². The molecule has 0 unspecified atom stereocenters. The molecular formula is C7H13N4O3+. The van der Waals surface area contributed by atoms with Gasteiger partial charge in [-0.05, 0) is 0 Å². The molecule has 7 heteroatoms. The van der Waals surface area contributed by atoms with E-state index in [9.17, 15) is 4.79 Å². The first kappa shape index (κ1) is 10.6. The van der Waals surface area contributed by atoms with Gasteiger partial charge in [0.1, 0.15) is 10.6 Å². The molecule has 14 heavy (non-hydrogen) atoms. The molecule has 7 nitrogen and oxygen atoms in total. The van der Waals surface area contributed by atoms with E-state index < -0.39 is 6.09 Å². The van der Waals surface area contributed by atoms with E-state index in [-0.39, 0.29) is 18.7 Å². The molecule has 0 aromatic heterocycles. The van der Waals surface area contributed by atoms with Crippen LogP contribution < -0.4 is 4.91 Å². The van der Waals surface area contributed by atoms with E-state index in [1.54, 1.807) is 0 Å². The van der Waals surface area contributed by atoms with Gasteiger partial charge in [-0.25, -0.2) is 4.79 Å². The molecule has 1 rings (SSSR count). The molecule has 0 aliphatic carbocycles. The molecule has 1 saturated heterocycles. The lowest BCUT2D eigenvalue weighted by atomic mass is 10.0. The first-order valence-corrected chi connectivity index (χ1v) is 4.24. The maximum Gasteiger partial charge on any atom is 0.407 e. The predicted molar refractivity (Wildman–Crippen MR) is 46.1 cm³/mol. The lowest BCUT2D eigenvalue weighted by molar-refractivity contribution is 0.0252. The van der Waals surface area contributed by atoms with Crippen molar-refractivity contribution in [3.05, 3.63) is 0 Å². The molecule has 1 amide bonds. The summed E-state index contributed by atoms with van der Waals surface area (Å²) in [5.74, 6) is 0. The maximum atomic E-state index is 10.7. The van der Waals surface area contributed by atoms with Gasteiger partial charge in [0.05, 0.1) is 19.2 Å². The third kappa shape index (κ3) is 2.51. The summed E-state index contributed by atoms with van der Waals surface area (Å²) in [5, 5.41) is 12.4. The number of methoxy groups -OCH3 is 1. The molecular weight excluding hydrogens is 188 g/mol. The van der Waals surface area contributed by atoms with E-state index in [1.807, 2.05) is 0 Å². The van der Waals surface area contributed by atoms with Crippen LogP contribution >= 0.6 is 0 Å². The third-order valence-corrected chi connectivity index (χ3v) is 2.22. The average molecular weight is 201 g/mol. The van der Waals surface area contributed by atoms with E-state index in [1.165, 1.54) is 12.0 Å². The van der Waals surface area contributed by atoms with Crippen LogP contribution in [-0.2, 0) is 4.74 Å². The standard InChI is InChI=1S/C7H12N4O3/c1-14-6-2-5(9-10-8)3-11(4-6)7(12)13/h5-6,8H,2-4H2,1H3/p+1/t5-,6+/m1/s1. The molecule has 1 aliphatic rings. The van der Waals surface area contributed by atoms with Crippen molar-refractivity contribution in [2.45, 2.75) is 18.6 Å². The van der Waals surface area contributed by atoms with Crippen LogP contribution in [0.5, 0.6) is 0 Å². The molecule has 0 saturated carbocycles. The molecule has 0 bridgehead atoms. The number of nitrogens with one attached hydrogen (secondary N) is 1. The number of piperidine rings is 1. The Balaban J connectivity index is 2.65. The minimum atomic E-state index is -0.989. The summed E-state index contributed by atoms with van der Waals surface area (Å²) in [6, 6.07) is -0.262. The van der Waals surface area contributed by atoms with Crippen molar-refractivity contribution >= 4 is 6.09 Å². The Morgan fingerprint density at radius 1 is 1.71 bits per heavy atom. The van der Waals surface area contributed by atoms with Crippen LogP contribution in [0.2, 0.25) is 0 Å². The Hall–Kier alpha value is -1.46. The predicted octanol–water partition coefficient (Wildman–Crippen LogP) is 0.304. The zero-order chi connectivity index (χ0) is 10.6. The van der Waals surface area contributed by atoms with Gasteiger partial charge >= 0.3 is 6.09 Å². The summed E-state index contributed by atoms with van der Waals surface area (Å²) >= 11 is 0. The fourth-order valence-electron chi connectivity index (χ4n) is 1.52. The second kappa shape index (κ2) is 4.69.